The number of carbonyl (C=O) groups excluding carboxylic acids is 2. The molecule has 1 aliphatic heterocycles. The molecule has 3 rings (SSSR count). The Morgan fingerprint density at radius 2 is 1.67 bits per heavy atom. The molecule has 0 aliphatic carbocycles. The zero-order chi connectivity index (χ0) is 19.8. The van der Waals surface area contributed by atoms with Crippen molar-refractivity contribution < 1.29 is 18.0 Å². The van der Waals surface area contributed by atoms with Crippen LogP contribution < -0.4 is 14.9 Å². The van der Waals surface area contributed by atoms with Gasteiger partial charge in [-0.1, -0.05) is 0 Å². The molecule has 0 radical (unpaired) electrons. The van der Waals surface area contributed by atoms with Crippen molar-refractivity contribution in [2.24, 2.45) is 0 Å². The van der Waals surface area contributed by atoms with E-state index >= 15 is 0 Å². The van der Waals surface area contributed by atoms with E-state index in [1.165, 1.54) is 10.6 Å². The van der Waals surface area contributed by atoms with Crippen LogP contribution in [-0.4, -0.2) is 39.6 Å². The van der Waals surface area contributed by atoms with Gasteiger partial charge in [-0.25, -0.2) is 8.42 Å². The summed E-state index contributed by atoms with van der Waals surface area (Å²) in [5.41, 5.74) is 2.97. The second-order valence-corrected chi connectivity index (χ2v) is 8.43. The maximum absolute atomic E-state index is 12.5. The quantitative estimate of drug-likeness (QED) is 0.839. The first kappa shape index (κ1) is 18.9. The summed E-state index contributed by atoms with van der Waals surface area (Å²) in [4.78, 5) is 24.1. The Kier molecular flexibility index (Phi) is 4.93. The lowest BCUT2D eigenvalue weighted by atomic mass is 10.1. The fourth-order valence-corrected chi connectivity index (χ4v) is 4.57. The third-order valence-electron chi connectivity index (χ3n) is 4.48. The molecule has 2 aromatic rings. The molecule has 1 aliphatic rings. The number of hydrogen-bond acceptors (Lipinski definition) is 4. The Bertz CT molecular complexity index is 1000. The fraction of sp³-hybridized carbons (Fsp3) is 0.263. The summed E-state index contributed by atoms with van der Waals surface area (Å²) >= 11 is 0. The van der Waals surface area contributed by atoms with Crippen LogP contribution in [0.3, 0.4) is 0 Å². The van der Waals surface area contributed by atoms with Gasteiger partial charge in [0.25, 0.3) is 11.8 Å². The molecule has 8 heteroatoms. The summed E-state index contributed by atoms with van der Waals surface area (Å²) in [6.07, 6.45) is 1.74. The van der Waals surface area contributed by atoms with Crippen LogP contribution in [0.4, 0.5) is 11.4 Å². The van der Waals surface area contributed by atoms with Gasteiger partial charge in [0.1, 0.15) is 0 Å². The Morgan fingerprint density at radius 3 is 2.26 bits per heavy atom. The fourth-order valence-electron chi connectivity index (χ4n) is 3.30. The van der Waals surface area contributed by atoms with Gasteiger partial charge in [-0.2, -0.15) is 0 Å². The number of nitrogens with one attached hydrogen (secondary N) is 2. The highest BCUT2D eigenvalue weighted by Gasteiger charge is 2.32. The molecule has 0 spiro atoms. The van der Waals surface area contributed by atoms with E-state index in [1.807, 2.05) is 6.92 Å². The number of rotatable bonds is 4. The van der Waals surface area contributed by atoms with Gasteiger partial charge < -0.3 is 10.6 Å². The highest BCUT2D eigenvalue weighted by Crippen LogP contribution is 2.34. The molecule has 142 valence electrons. The molecule has 2 amide bonds. The minimum Gasteiger partial charge on any atom is -0.355 e. The van der Waals surface area contributed by atoms with E-state index < -0.39 is 10.0 Å². The first-order chi connectivity index (χ1) is 12.7. The van der Waals surface area contributed by atoms with Crippen LogP contribution in [0.1, 0.15) is 33.2 Å². The Morgan fingerprint density at radius 1 is 1.04 bits per heavy atom. The number of sulfonamides is 1. The van der Waals surface area contributed by atoms with Crippen molar-refractivity contribution in [1.29, 1.82) is 0 Å². The number of benzene rings is 2. The molecule has 0 fully saturated rings. The summed E-state index contributed by atoms with van der Waals surface area (Å²) < 4.78 is 25.4. The van der Waals surface area contributed by atoms with E-state index in [0.717, 1.165) is 5.56 Å². The minimum absolute atomic E-state index is 0.175. The Hall–Kier alpha value is -2.87. The predicted octanol–water partition coefficient (Wildman–Crippen LogP) is 2.01. The number of amides is 2. The molecule has 7 nitrogen and oxygen atoms in total. The molecule has 0 unspecified atom stereocenters. The largest absolute Gasteiger partial charge is 0.355 e. The van der Waals surface area contributed by atoms with Crippen molar-refractivity contribution in [2.75, 3.05) is 22.9 Å². The van der Waals surface area contributed by atoms with Crippen molar-refractivity contribution in [3.8, 4) is 0 Å². The molecular formula is C19H21N3O4S. The van der Waals surface area contributed by atoms with Crippen LogP contribution in [0.15, 0.2) is 42.5 Å². The first-order valence-electron chi connectivity index (χ1n) is 8.46. The summed E-state index contributed by atoms with van der Waals surface area (Å²) in [5, 5.41) is 5.32. The number of hydrogen-bond donors (Lipinski definition) is 2. The molecule has 1 heterocycles. The van der Waals surface area contributed by atoms with Gasteiger partial charge >= 0.3 is 0 Å². The third-order valence-corrected chi connectivity index (χ3v) is 5.76. The van der Waals surface area contributed by atoms with Crippen molar-refractivity contribution in [1.82, 2.24) is 5.32 Å². The second-order valence-electron chi connectivity index (χ2n) is 6.57. The smallest absolute Gasteiger partial charge is 0.255 e. The molecule has 0 saturated carbocycles. The molecule has 1 atom stereocenters. The summed E-state index contributed by atoms with van der Waals surface area (Å²) in [6.45, 7) is 1.84. The van der Waals surface area contributed by atoms with Crippen LogP contribution in [0.5, 0.6) is 0 Å². The lowest BCUT2D eigenvalue weighted by Gasteiger charge is -2.21. The number of fused-ring (bicyclic) bond motifs is 1. The predicted molar refractivity (Wildman–Crippen MR) is 105 cm³/mol. The number of nitrogens with zero attached hydrogens (tertiary/aromatic N) is 1. The first-order valence-corrected chi connectivity index (χ1v) is 10.3. The number of anilines is 2. The van der Waals surface area contributed by atoms with Gasteiger partial charge in [0.15, 0.2) is 0 Å². The third kappa shape index (κ3) is 3.80. The summed E-state index contributed by atoms with van der Waals surface area (Å²) in [6, 6.07) is 11.4. The van der Waals surface area contributed by atoms with Gasteiger partial charge in [0, 0.05) is 29.9 Å². The summed E-state index contributed by atoms with van der Waals surface area (Å²) in [5.74, 6) is -0.494. The van der Waals surface area contributed by atoms with Crippen molar-refractivity contribution in [3.05, 3.63) is 59.2 Å². The standard InChI is InChI=1S/C19H21N3O4S/c1-12-10-15-11-14(6-9-17(15)22(12)27(3,25)26)19(24)21-16-7-4-13(5-8-16)18(23)20-2/h4-9,11-12H,10H2,1-3H3,(H,20,23)(H,21,24)/t12-/m0/s1. The average molecular weight is 387 g/mol. The molecule has 27 heavy (non-hydrogen) atoms. The van der Waals surface area contributed by atoms with E-state index in [0.29, 0.717) is 28.9 Å². The summed E-state index contributed by atoms with van der Waals surface area (Å²) in [7, 11) is -1.81. The van der Waals surface area contributed by atoms with E-state index in [1.54, 1.807) is 49.5 Å². The molecule has 0 saturated heterocycles. The minimum atomic E-state index is -3.36. The van der Waals surface area contributed by atoms with Gasteiger partial charge in [0.05, 0.1) is 11.9 Å². The van der Waals surface area contributed by atoms with E-state index in [4.69, 9.17) is 0 Å². The Balaban J connectivity index is 1.79. The molecular weight excluding hydrogens is 366 g/mol. The van der Waals surface area contributed by atoms with E-state index in [9.17, 15) is 18.0 Å². The zero-order valence-electron chi connectivity index (χ0n) is 15.3. The number of carbonyl (C=O) groups is 2. The van der Waals surface area contributed by atoms with Crippen molar-refractivity contribution in [2.45, 2.75) is 19.4 Å². The SMILES string of the molecule is CNC(=O)c1ccc(NC(=O)c2ccc3c(c2)C[C@H](C)N3S(C)(=O)=O)cc1. The molecule has 0 bridgehead atoms. The van der Waals surface area contributed by atoms with Crippen molar-refractivity contribution >= 4 is 33.2 Å². The maximum Gasteiger partial charge on any atom is 0.255 e. The van der Waals surface area contributed by atoms with E-state index in [2.05, 4.69) is 10.6 Å². The van der Waals surface area contributed by atoms with Gasteiger partial charge in [-0.3, -0.25) is 13.9 Å². The lowest BCUT2D eigenvalue weighted by molar-refractivity contribution is 0.0962. The molecule has 2 N–H and O–H groups in total. The average Bonchev–Trinajstić information content (AvgIpc) is 2.96. The van der Waals surface area contributed by atoms with Gasteiger partial charge in [-0.15, -0.1) is 0 Å². The van der Waals surface area contributed by atoms with Crippen LogP contribution in [0, 0.1) is 0 Å². The van der Waals surface area contributed by atoms with Crippen LogP contribution >= 0.6 is 0 Å². The van der Waals surface area contributed by atoms with Crippen LogP contribution in [-0.2, 0) is 16.4 Å². The lowest BCUT2D eigenvalue weighted by Crippen LogP contribution is -2.34. The normalized spacial score (nSPS) is 16.0. The van der Waals surface area contributed by atoms with Crippen LogP contribution in [0.25, 0.3) is 0 Å². The van der Waals surface area contributed by atoms with Gasteiger partial charge in [-0.05, 0) is 61.4 Å². The molecule has 2 aromatic carbocycles. The van der Waals surface area contributed by atoms with Crippen molar-refractivity contribution in [3.63, 3.8) is 0 Å². The van der Waals surface area contributed by atoms with E-state index in [-0.39, 0.29) is 17.9 Å². The monoisotopic (exact) mass is 387 g/mol. The Labute approximate surface area is 158 Å². The zero-order valence-corrected chi connectivity index (χ0v) is 16.1. The highest BCUT2D eigenvalue weighted by molar-refractivity contribution is 7.92. The van der Waals surface area contributed by atoms with Gasteiger partial charge in [0.2, 0.25) is 10.0 Å². The van der Waals surface area contributed by atoms with Crippen LogP contribution in [0.2, 0.25) is 0 Å². The molecule has 0 aromatic heterocycles. The highest BCUT2D eigenvalue weighted by atomic mass is 32.2. The maximum atomic E-state index is 12.5. The second kappa shape index (κ2) is 7.03. The topological polar surface area (TPSA) is 95.6 Å².